The van der Waals surface area contributed by atoms with Gasteiger partial charge in [-0.3, -0.25) is 4.79 Å². The molecular weight excluding hydrogens is 354 g/mol. The zero-order valence-corrected chi connectivity index (χ0v) is 14.7. The first-order valence-electron chi connectivity index (χ1n) is 8.40. The van der Waals surface area contributed by atoms with Crippen molar-refractivity contribution < 1.29 is 4.74 Å². The maximum absolute atomic E-state index is 12.2. The Bertz CT molecular complexity index is 985. The molecule has 0 bridgehead atoms. The zero-order chi connectivity index (χ0) is 17.9. The van der Waals surface area contributed by atoms with Crippen LogP contribution in [0.25, 0.3) is 10.9 Å². The summed E-state index contributed by atoms with van der Waals surface area (Å²) in [4.78, 5) is 23.7. The normalized spacial score (nSPS) is 16.7. The fourth-order valence-corrected chi connectivity index (χ4v) is 3.09. The molecule has 0 radical (unpaired) electrons. The van der Waals surface area contributed by atoms with Crippen LogP contribution in [0.15, 0.2) is 41.3 Å². The number of anilines is 2. The predicted molar refractivity (Wildman–Crippen MR) is 102 cm³/mol. The monoisotopic (exact) mass is 371 g/mol. The van der Waals surface area contributed by atoms with E-state index < -0.39 is 0 Å². The molecule has 4 rings (SSSR count). The summed E-state index contributed by atoms with van der Waals surface area (Å²) in [5, 5.41) is 7.93. The number of hydrogen-bond donors (Lipinski definition) is 3. The van der Waals surface area contributed by atoms with Gasteiger partial charge >= 0.3 is 0 Å². The molecule has 7 nitrogen and oxygen atoms in total. The number of nitrogens with zero attached hydrogens (tertiary/aromatic N) is 2. The molecule has 1 aromatic carbocycles. The van der Waals surface area contributed by atoms with E-state index in [1.165, 1.54) is 0 Å². The van der Waals surface area contributed by atoms with Gasteiger partial charge in [-0.2, -0.15) is 4.98 Å². The molecule has 1 unspecified atom stereocenters. The van der Waals surface area contributed by atoms with Crippen molar-refractivity contribution in [1.29, 1.82) is 0 Å². The predicted octanol–water partition coefficient (Wildman–Crippen LogP) is 2.78. The van der Waals surface area contributed by atoms with Gasteiger partial charge in [0.15, 0.2) is 0 Å². The molecule has 0 amide bonds. The lowest BCUT2D eigenvalue weighted by molar-refractivity contribution is 0.195. The molecule has 0 saturated carbocycles. The van der Waals surface area contributed by atoms with E-state index >= 15 is 0 Å². The molecule has 8 heteroatoms. The van der Waals surface area contributed by atoms with Gasteiger partial charge < -0.3 is 20.4 Å². The summed E-state index contributed by atoms with van der Waals surface area (Å²) in [6, 6.07) is 9.27. The Morgan fingerprint density at radius 3 is 3.08 bits per heavy atom. The highest BCUT2D eigenvalue weighted by atomic mass is 35.5. The number of aromatic amines is 1. The van der Waals surface area contributed by atoms with Crippen molar-refractivity contribution >= 4 is 34.3 Å². The topological polar surface area (TPSA) is 91.9 Å². The fraction of sp³-hybridized carbons (Fsp3) is 0.278. The lowest BCUT2D eigenvalue weighted by Crippen LogP contribution is -2.20. The Morgan fingerprint density at radius 1 is 1.31 bits per heavy atom. The lowest BCUT2D eigenvalue weighted by atomic mass is 10.1. The van der Waals surface area contributed by atoms with Gasteiger partial charge in [-0.05, 0) is 36.8 Å². The molecule has 26 heavy (non-hydrogen) atoms. The molecule has 1 saturated heterocycles. The van der Waals surface area contributed by atoms with Crippen molar-refractivity contribution in [2.45, 2.75) is 19.0 Å². The van der Waals surface area contributed by atoms with Crippen molar-refractivity contribution in [1.82, 2.24) is 15.0 Å². The van der Waals surface area contributed by atoms with Crippen molar-refractivity contribution in [3.05, 3.63) is 57.5 Å². The van der Waals surface area contributed by atoms with Crippen LogP contribution in [-0.4, -0.2) is 34.2 Å². The molecule has 3 N–H and O–H groups in total. The number of fused-ring (bicyclic) bond motifs is 1. The Kier molecular flexibility index (Phi) is 4.73. The maximum Gasteiger partial charge on any atom is 0.253 e. The van der Waals surface area contributed by atoms with Crippen molar-refractivity contribution in [3.63, 3.8) is 0 Å². The highest BCUT2D eigenvalue weighted by molar-refractivity contribution is 6.31. The van der Waals surface area contributed by atoms with E-state index in [1.807, 2.05) is 18.2 Å². The maximum atomic E-state index is 12.2. The van der Waals surface area contributed by atoms with E-state index in [4.69, 9.17) is 16.3 Å². The van der Waals surface area contributed by atoms with Gasteiger partial charge in [0.2, 0.25) is 5.95 Å². The van der Waals surface area contributed by atoms with Crippen molar-refractivity contribution in [2.75, 3.05) is 23.8 Å². The summed E-state index contributed by atoms with van der Waals surface area (Å²) in [6.45, 7) is 1.76. The summed E-state index contributed by atoms with van der Waals surface area (Å²) in [6.07, 6.45) is 2.64. The van der Waals surface area contributed by atoms with Gasteiger partial charge in [0.05, 0.1) is 12.6 Å². The first kappa shape index (κ1) is 16.8. The third kappa shape index (κ3) is 3.79. The minimum atomic E-state index is -0.148. The molecule has 134 valence electrons. The van der Waals surface area contributed by atoms with E-state index in [-0.39, 0.29) is 11.6 Å². The van der Waals surface area contributed by atoms with Crippen LogP contribution >= 0.6 is 11.6 Å². The summed E-state index contributed by atoms with van der Waals surface area (Å²) >= 11 is 6.03. The minimum absolute atomic E-state index is 0.148. The summed E-state index contributed by atoms with van der Waals surface area (Å²) in [7, 11) is 0. The average Bonchev–Trinajstić information content (AvgIpc) is 3.13. The number of aromatic nitrogens is 3. The van der Waals surface area contributed by atoms with Crippen molar-refractivity contribution in [3.8, 4) is 0 Å². The Balaban J connectivity index is 1.49. The van der Waals surface area contributed by atoms with Crippen LogP contribution < -0.4 is 16.2 Å². The Hall–Kier alpha value is -2.64. The minimum Gasteiger partial charge on any atom is -0.379 e. The summed E-state index contributed by atoms with van der Waals surface area (Å²) in [5.74, 6) is 1.19. The van der Waals surface area contributed by atoms with Gasteiger partial charge in [-0.1, -0.05) is 11.6 Å². The molecule has 1 fully saturated rings. The SMILES string of the molecule is O=c1[nH]c2ccc(Cl)cc2cc1CNc1nccc(NC2CCOC2)n1. The molecule has 3 aromatic rings. The lowest BCUT2D eigenvalue weighted by Gasteiger charge is -2.12. The van der Waals surface area contributed by atoms with E-state index in [1.54, 1.807) is 18.3 Å². The van der Waals surface area contributed by atoms with Gasteiger partial charge in [0.1, 0.15) is 5.82 Å². The Labute approximate surface area is 154 Å². The number of H-pyrrole nitrogens is 1. The van der Waals surface area contributed by atoms with Gasteiger partial charge in [-0.15, -0.1) is 0 Å². The summed E-state index contributed by atoms with van der Waals surface area (Å²) < 4.78 is 5.35. The van der Waals surface area contributed by atoms with Crippen LogP contribution in [0.1, 0.15) is 12.0 Å². The van der Waals surface area contributed by atoms with Crippen LogP contribution in [-0.2, 0) is 11.3 Å². The van der Waals surface area contributed by atoms with Gasteiger partial charge in [0, 0.05) is 40.8 Å². The van der Waals surface area contributed by atoms with E-state index in [9.17, 15) is 4.79 Å². The van der Waals surface area contributed by atoms with Crippen LogP contribution in [0, 0.1) is 0 Å². The standard InChI is InChI=1S/C18H18ClN5O2/c19-13-1-2-15-11(8-13)7-12(17(25)23-15)9-21-18-20-5-3-16(24-18)22-14-4-6-26-10-14/h1-3,5,7-8,14H,4,6,9-10H2,(H,23,25)(H2,20,21,22,24). The molecular formula is C18H18ClN5O2. The van der Waals surface area contributed by atoms with E-state index in [0.29, 0.717) is 29.7 Å². The van der Waals surface area contributed by atoms with Gasteiger partial charge in [0.25, 0.3) is 5.56 Å². The fourth-order valence-electron chi connectivity index (χ4n) is 2.91. The van der Waals surface area contributed by atoms with E-state index in [0.717, 1.165) is 29.7 Å². The average molecular weight is 372 g/mol. The number of benzene rings is 1. The number of hydrogen-bond acceptors (Lipinski definition) is 6. The largest absolute Gasteiger partial charge is 0.379 e. The second-order valence-electron chi connectivity index (χ2n) is 6.18. The second kappa shape index (κ2) is 7.31. The molecule has 3 heterocycles. The molecule has 1 atom stereocenters. The molecule has 1 aliphatic heterocycles. The first-order chi connectivity index (χ1) is 12.7. The second-order valence-corrected chi connectivity index (χ2v) is 6.62. The first-order valence-corrected chi connectivity index (χ1v) is 8.78. The highest BCUT2D eigenvalue weighted by Gasteiger charge is 2.15. The van der Waals surface area contributed by atoms with Gasteiger partial charge in [-0.25, -0.2) is 4.98 Å². The highest BCUT2D eigenvalue weighted by Crippen LogP contribution is 2.18. The van der Waals surface area contributed by atoms with Crippen LogP contribution in [0.2, 0.25) is 5.02 Å². The Morgan fingerprint density at radius 2 is 2.23 bits per heavy atom. The van der Waals surface area contributed by atoms with Crippen LogP contribution in [0.3, 0.4) is 0 Å². The van der Waals surface area contributed by atoms with Crippen LogP contribution in [0.5, 0.6) is 0 Å². The van der Waals surface area contributed by atoms with E-state index in [2.05, 4.69) is 25.6 Å². The third-order valence-electron chi connectivity index (χ3n) is 4.26. The van der Waals surface area contributed by atoms with Crippen LogP contribution in [0.4, 0.5) is 11.8 Å². The number of pyridine rings is 1. The number of rotatable bonds is 5. The molecule has 2 aromatic heterocycles. The molecule has 1 aliphatic rings. The van der Waals surface area contributed by atoms with Crippen molar-refractivity contribution in [2.24, 2.45) is 0 Å². The number of halogens is 1. The number of ether oxygens (including phenoxy) is 1. The molecule has 0 spiro atoms. The third-order valence-corrected chi connectivity index (χ3v) is 4.49. The number of nitrogens with one attached hydrogen (secondary N) is 3. The summed E-state index contributed by atoms with van der Waals surface area (Å²) in [5.41, 5.74) is 1.19. The molecule has 0 aliphatic carbocycles. The smallest absolute Gasteiger partial charge is 0.253 e. The zero-order valence-electron chi connectivity index (χ0n) is 14.0. The quantitative estimate of drug-likeness (QED) is 0.638.